The normalized spacial score (nSPS) is 10.1. The van der Waals surface area contributed by atoms with Crippen LogP contribution in [0.1, 0.15) is 21.9 Å². The summed E-state index contributed by atoms with van der Waals surface area (Å²) < 4.78 is 14.6. The van der Waals surface area contributed by atoms with Crippen molar-refractivity contribution in [3.8, 4) is 0 Å². The molecule has 0 aliphatic rings. The predicted octanol–water partition coefficient (Wildman–Crippen LogP) is 2.26. The van der Waals surface area contributed by atoms with Gasteiger partial charge < -0.3 is 13.9 Å². The molecule has 0 aliphatic heterocycles. The fourth-order valence-electron chi connectivity index (χ4n) is 1.86. The van der Waals surface area contributed by atoms with Crippen molar-refractivity contribution in [1.29, 1.82) is 0 Å². The van der Waals surface area contributed by atoms with Gasteiger partial charge >= 0.3 is 11.9 Å². The van der Waals surface area contributed by atoms with Gasteiger partial charge in [-0.25, -0.2) is 4.79 Å². The molecule has 0 amide bonds. The average molecular weight is 319 g/mol. The number of carbonyl (C=O) groups is 2. The Morgan fingerprint density at radius 3 is 2.65 bits per heavy atom. The Balaban J connectivity index is 1.94. The van der Waals surface area contributed by atoms with Crippen LogP contribution >= 0.6 is 0 Å². The molecule has 0 saturated carbocycles. The summed E-state index contributed by atoms with van der Waals surface area (Å²) in [5, 5.41) is 10.9. The first-order valence-corrected chi connectivity index (χ1v) is 6.56. The van der Waals surface area contributed by atoms with Crippen molar-refractivity contribution in [3.63, 3.8) is 0 Å². The summed E-state index contributed by atoms with van der Waals surface area (Å²) in [6, 6.07) is 8.80. The Hall–Kier alpha value is -3.16. The van der Waals surface area contributed by atoms with Crippen molar-refractivity contribution in [1.82, 2.24) is 0 Å². The van der Waals surface area contributed by atoms with Crippen molar-refractivity contribution in [2.45, 2.75) is 13.0 Å². The van der Waals surface area contributed by atoms with Crippen molar-refractivity contribution >= 4 is 17.6 Å². The zero-order valence-corrected chi connectivity index (χ0v) is 12.2. The molecular weight excluding hydrogens is 306 g/mol. The number of hydrogen-bond acceptors (Lipinski definition) is 7. The number of methoxy groups -OCH3 is 1. The average Bonchev–Trinajstić information content (AvgIpc) is 3.01. The number of nitrogens with zero attached hydrogens (tertiary/aromatic N) is 1. The molecular formula is C15H13NO7. The van der Waals surface area contributed by atoms with Crippen LogP contribution < -0.4 is 0 Å². The molecule has 0 saturated heterocycles. The lowest BCUT2D eigenvalue weighted by Crippen LogP contribution is -2.09. The smallest absolute Gasteiger partial charge is 0.373 e. The maximum absolute atomic E-state index is 11.8. The third-order valence-corrected chi connectivity index (χ3v) is 2.95. The van der Waals surface area contributed by atoms with Gasteiger partial charge in [0.15, 0.2) is 0 Å². The third-order valence-electron chi connectivity index (χ3n) is 2.95. The first-order valence-electron chi connectivity index (χ1n) is 6.56. The van der Waals surface area contributed by atoms with Gasteiger partial charge in [0.1, 0.15) is 12.4 Å². The molecule has 0 N–H and O–H groups in total. The Bertz CT molecular complexity index is 735. The number of benzene rings is 1. The fourth-order valence-corrected chi connectivity index (χ4v) is 1.86. The first-order chi connectivity index (χ1) is 11.0. The van der Waals surface area contributed by atoms with E-state index < -0.39 is 16.9 Å². The number of nitro benzene ring substituents is 1. The Morgan fingerprint density at radius 2 is 1.96 bits per heavy atom. The minimum Gasteiger partial charge on any atom is -0.463 e. The largest absolute Gasteiger partial charge is 0.463 e. The van der Waals surface area contributed by atoms with Crippen LogP contribution in [0.5, 0.6) is 0 Å². The van der Waals surface area contributed by atoms with Crippen LogP contribution in [-0.2, 0) is 27.3 Å². The molecule has 1 aromatic heterocycles. The molecule has 2 rings (SSSR count). The molecule has 1 heterocycles. The van der Waals surface area contributed by atoms with E-state index in [1.54, 1.807) is 6.07 Å². The Morgan fingerprint density at radius 1 is 1.22 bits per heavy atom. The highest BCUT2D eigenvalue weighted by atomic mass is 16.6. The molecule has 0 fully saturated rings. The Labute approximate surface area is 130 Å². The second-order valence-electron chi connectivity index (χ2n) is 4.48. The SMILES string of the molecule is COC(=O)c1ccc(COC(=O)Cc2ccccc2[N+](=O)[O-])o1. The number of furan rings is 1. The molecule has 0 aliphatic carbocycles. The van der Waals surface area contributed by atoms with Crippen LogP contribution in [0.25, 0.3) is 0 Å². The lowest BCUT2D eigenvalue weighted by Gasteiger charge is -2.04. The summed E-state index contributed by atoms with van der Waals surface area (Å²) in [5.41, 5.74) is 0.118. The van der Waals surface area contributed by atoms with Gasteiger partial charge in [0.2, 0.25) is 5.76 Å². The van der Waals surface area contributed by atoms with Crippen LogP contribution in [0.15, 0.2) is 40.8 Å². The topological polar surface area (TPSA) is 109 Å². The summed E-state index contributed by atoms with van der Waals surface area (Å²) in [5.74, 6) is -1.02. The van der Waals surface area contributed by atoms with E-state index in [-0.39, 0.29) is 35.8 Å². The maximum atomic E-state index is 11.8. The van der Waals surface area contributed by atoms with Gasteiger partial charge in [-0.05, 0) is 12.1 Å². The van der Waals surface area contributed by atoms with E-state index in [2.05, 4.69) is 4.74 Å². The molecule has 2 aromatic rings. The quantitative estimate of drug-likeness (QED) is 0.456. The molecule has 0 radical (unpaired) electrons. The molecule has 120 valence electrons. The van der Waals surface area contributed by atoms with Gasteiger partial charge in [-0.1, -0.05) is 18.2 Å². The van der Waals surface area contributed by atoms with E-state index in [0.29, 0.717) is 0 Å². The first kappa shape index (κ1) is 16.2. The van der Waals surface area contributed by atoms with Crippen LogP contribution in [0, 0.1) is 10.1 Å². The van der Waals surface area contributed by atoms with Crippen LogP contribution in [0.3, 0.4) is 0 Å². The monoisotopic (exact) mass is 319 g/mol. The molecule has 0 spiro atoms. The zero-order chi connectivity index (χ0) is 16.8. The summed E-state index contributed by atoms with van der Waals surface area (Å²) in [7, 11) is 1.22. The zero-order valence-electron chi connectivity index (χ0n) is 12.2. The molecule has 8 nitrogen and oxygen atoms in total. The highest BCUT2D eigenvalue weighted by molar-refractivity contribution is 5.86. The summed E-state index contributed by atoms with van der Waals surface area (Å²) in [6.07, 6.45) is -0.234. The summed E-state index contributed by atoms with van der Waals surface area (Å²) in [4.78, 5) is 33.3. The van der Waals surface area contributed by atoms with Crippen LogP contribution in [0.2, 0.25) is 0 Å². The standard InChI is InChI=1S/C15H13NO7/c1-21-15(18)13-7-6-11(23-13)9-22-14(17)8-10-4-2-3-5-12(10)16(19)20/h2-7H,8-9H2,1H3. The molecule has 0 unspecified atom stereocenters. The van der Waals surface area contributed by atoms with Gasteiger partial charge in [0.25, 0.3) is 5.69 Å². The number of hydrogen-bond donors (Lipinski definition) is 0. The van der Waals surface area contributed by atoms with E-state index in [9.17, 15) is 19.7 Å². The molecule has 0 atom stereocenters. The van der Waals surface area contributed by atoms with Crippen LogP contribution in [-0.4, -0.2) is 24.0 Å². The van der Waals surface area contributed by atoms with E-state index in [0.717, 1.165) is 0 Å². The second-order valence-corrected chi connectivity index (χ2v) is 4.48. The number of carbonyl (C=O) groups excluding carboxylic acids is 2. The van der Waals surface area contributed by atoms with Gasteiger partial charge in [-0.3, -0.25) is 14.9 Å². The van der Waals surface area contributed by atoms with E-state index >= 15 is 0 Å². The Kier molecular flexibility index (Phi) is 5.08. The second kappa shape index (κ2) is 7.21. The van der Waals surface area contributed by atoms with Crippen LogP contribution in [0.4, 0.5) is 5.69 Å². The summed E-state index contributed by atoms with van der Waals surface area (Å²) in [6.45, 7) is -0.184. The molecule has 8 heteroatoms. The maximum Gasteiger partial charge on any atom is 0.373 e. The summed E-state index contributed by atoms with van der Waals surface area (Å²) >= 11 is 0. The minimum absolute atomic E-state index is 0.00255. The third kappa shape index (κ3) is 4.16. The lowest BCUT2D eigenvalue weighted by atomic mass is 10.1. The molecule has 0 bridgehead atoms. The van der Waals surface area contributed by atoms with E-state index in [1.807, 2.05) is 0 Å². The van der Waals surface area contributed by atoms with Crippen molar-refractivity contribution in [3.05, 3.63) is 63.6 Å². The number of esters is 2. The number of para-hydroxylation sites is 1. The van der Waals surface area contributed by atoms with E-state index in [4.69, 9.17) is 9.15 Å². The van der Waals surface area contributed by atoms with Gasteiger partial charge in [0, 0.05) is 11.6 Å². The van der Waals surface area contributed by atoms with Crippen molar-refractivity contribution in [2.75, 3.05) is 7.11 Å². The predicted molar refractivity (Wildman–Crippen MR) is 76.6 cm³/mol. The van der Waals surface area contributed by atoms with E-state index in [1.165, 1.54) is 37.4 Å². The van der Waals surface area contributed by atoms with Gasteiger partial charge in [-0.2, -0.15) is 0 Å². The minimum atomic E-state index is -0.643. The molecule has 1 aromatic carbocycles. The number of ether oxygens (including phenoxy) is 2. The van der Waals surface area contributed by atoms with Gasteiger partial charge in [0.05, 0.1) is 18.5 Å². The van der Waals surface area contributed by atoms with Crippen molar-refractivity contribution < 1.29 is 28.4 Å². The van der Waals surface area contributed by atoms with Gasteiger partial charge in [-0.15, -0.1) is 0 Å². The van der Waals surface area contributed by atoms with Crippen molar-refractivity contribution in [2.24, 2.45) is 0 Å². The highest BCUT2D eigenvalue weighted by Gasteiger charge is 2.17. The molecule has 23 heavy (non-hydrogen) atoms. The highest BCUT2D eigenvalue weighted by Crippen LogP contribution is 2.19. The lowest BCUT2D eigenvalue weighted by molar-refractivity contribution is -0.385. The number of nitro groups is 1. The number of rotatable bonds is 6. The fraction of sp³-hybridized carbons (Fsp3) is 0.200.